The molecule has 1 atom stereocenters. The third kappa shape index (κ3) is 3.97. The largest absolute Gasteiger partial charge is 0.356 e. The summed E-state index contributed by atoms with van der Waals surface area (Å²) in [5.41, 5.74) is 5.57. The van der Waals surface area contributed by atoms with E-state index in [1.807, 2.05) is 6.07 Å². The minimum absolute atomic E-state index is 0.0107. The van der Waals surface area contributed by atoms with Crippen molar-refractivity contribution in [3.63, 3.8) is 0 Å². The Balaban J connectivity index is 1.39. The first-order valence-corrected chi connectivity index (χ1v) is 13.1. The molecule has 0 spiro atoms. The lowest BCUT2D eigenvalue weighted by Gasteiger charge is -2.23. The highest BCUT2D eigenvalue weighted by molar-refractivity contribution is 7.90. The molecule has 1 aliphatic heterocycles. The topological polar surface area (TPSA) is 108 Å². The summed E-state index contributed by atoms with van der Waals surface area (Å²) in [7, 11) is -3.01. The number of para-hydroxylation sites is 1. The minimum atomic E-state index is -3.01. The SMILES string of the molecule is CS(=O)(=O)CCCNC(=O)C1CCc2[nH]c3ncnc(N4CCc5ccccc54)c3c2C1. The Hall–Kier alpha value is -2.94. The Bertz CT molecular complexity index is 1280. The van der Waals surface area contributed by atoms with Crippen LogP contribution >= 0.6 is 0 Å². The van der Waals surface area contributed by atoms with Crippen LogP contribution in [-0.2, 0) is 33.9 Å². The summed E-state index contributed by atoms with van der Waals surface area (Å²) in [5, 5.41) is 3.93. The molecule has 2 N–H and O–H groups in total. The molecule has 0 radical (unpaired) electrons. The number of fused-ring (bicyclic) bond motifs is 4. The number of nitrogens with zero attached hydrogens (tertiary/aromatic N) is 3. The fourth-order valence-corrected chi connectivity index (χ4v) is 5.57. The molecule has 0 bridgehead atoms. The van der Waals surface area contributed by atoms with Crippen molar-refractivity contribution >= 4 is 38.3 Å². The number of aromatic amines is 1. The highest BCUT2D eigenvalue weighted by Crippen LogP contribution is 2.40. The third-order valence-corrected chi connectivity index (χ3v) is 7.49. The molecule has 32 heavy (non-hydrogen) atoms. The van der Waals surface area contributed by atoms with Crippen molar-refractivity contribution in [2.45, 2.75) is 32.1 Å². The summed E-state index contributed by atoms with van der Waals surface area (Å²) < 4.78 is 22.6. The first kappa shape index (κ1) is 20.9. The van der Waals surface area contributed by atoms with Crippen molar-refractivity contribution < 1.29 is 13.2 Å². The van der Waals surface area contributed by atoms with Crippen LogP contribution in [0.25, 0.3) is 11.0 Å². The van der Waals surface area contributed by atoms with Gasteiger partial charge in [0.05, 0.1) is 11.1 Å². The van der Waals surface area contributed by atoms with Crippen molar-refractivity contribution in [1.29, 1.82) is 0 Å². The van der Waals surface area contributed by atoms with Gasteiger partial charge in [-0.15, -0.1) is 0 Å². The molecule has 1 amide bonds. The molecule has 1 aromatic carbocycles. The van der Waals surface area contributed by atoms with Gasteiger partial charge in [0.2, 0.25) is 5.91 Å². The monoisotopic (exact) mass is 453 g/mol. The molecule has 168 valence electrons. The predicted octanol–water partition coefficient (Wildman–Crippen LogP) is 2.31. The summed E-state index contributed by atoms with van der Waals surface area (Å²) in [6.45, 7) is 1.25. The fourth-order valence-electron chi connectivity index (χ4n) is 4.90. The number of hydrogen-bond donors (Lipinski definition) is 2. The standard InChI is InChI=1S/C23H27N5O3S/c1-32(30,31)12-4-10-24-23(29)16-7-8-18-17(13-16)20-21(27-18)25-14-26-22(20)28-11-9-15-5-2-3-6-19(15)28/h2-3,5-6,14,16H,4,7-13H2,1H3,(H,24,29)(H,25,26,27). The molecule has 2 aliphatic rings. The van der Waals surface area contributed by atoms with Crippen LogP contribution in [-0.4, -0.2) is 54.4 Å². The Morgan fingerprint density at radius 2 is 2.09 bits per heavy atom. The minimum Gasteiger partial charge on any atom is -0.356 e. The second kappa shape index (κ2) is 8.20. The molecule has 5 rings (SSSR count). The van der Waals surface area contributed by atoms with E-state index in [2.05, 4.69) is 43.4 Å². The van der Waals surface area contributed by atoms with Crippen LogP contribution in [0.4, 0.5) is 11.5 Å². The summed E-state index contributed by atoms with van der Waals surface area (Å²) >= 11 is 0. The van der Waals surface area contributed by atoms with Crippen LogP contribution < -0.4 is 10.2 Å². The number of carbonyl (C=O) groups is 1. The van der Waals surface area contributed by atoms with E-state index in [0.29, 0.717) is 19.4 Å². The van der Waals surface area contributed by atoms with Crippen molar-refractivity contribution in [2.24, 2.45) is 5.92 Å². The van der Waals surface area contributed by atoms with Crippen LogP contribution in [0, 0.1) is 5.92 Å². The molecular weight excluding hydrogens is 426 g/mol. The smallest absolute Gasteiger partial charge is 0.223 e. The number of H-pyrrole nitrogens is 1. The van der Waals surface area contributed by atoms with E-state index in [-0.39, 0.29) is 17.6 Å². The molecule has 9 heteroatoms. The lowest BCUT2D eigenvalue weighted by Crippen LogP contribution is -2.35. The van der Waals surface area contributed by atoms with Gasteiger partial charge in [-0.05, 0) is 49.3 Å². The van der Waals surface area contributed by atoms with E-state index in [1.54, 1.807) is 6.33 Å². The van der Waals surface area contributed by atoms with E-state index in [4.69, 9.17) is 0 Å². The van der Waals surface area contributed by atoms with E-state index in [9.17, 15) is 13.2 Å². The lowest BCUT2D eigenvalue weighted by atomic mass is 9.86. The number of rotatable bonds is 6. The van der Waals surface area contributed by atoms with E-state index in [1.165, 1.54) is 17.5 Å². The number of sulfone groups is 1. The Morgan fingerprint density at radius 1 is 1.25 bits per heavy atom. The average Bonchev–Trinajstić information content (AvgIpc) is 3.37. The van der Waals surface area contributed by atoms with Gasteiger partial charge >= 0.3 is 0 Å². The van der Waals surface area contributed by atoms with Crippen LogP contribution in [0.5, 0.6) is 0 Å². The van der Waals surface area contributed by atoms with Gasteiger partial charge in [-0.3, -0.25) is 4.79 Å². The van der Waals surface area contributed by atoms with E-state index in [0.717, 1.165) is 53.9 Å². The average molecular weight is 454 g/mol. The molecule has 1 aliphatic carbocycles. The zero-order valence-corrected chi connectivity index (χ0v) is 18.9. The molecule has 0 saturated carbocycles. The molecular formula is C23H27N5O3S. The second-order valence-electron chi connectivity index (χ2n) is 8.75. The summed E-state index contributed by atoms with van der Waals surface area (Å²) in [6, 6.07) is 8.40. The van der Waals surface area contributed by atoms with Gasteiger partial charge < -0.3 is 15.2 Å². The number of aryl methyl sites for hydroxylation is 1. The van der Waals surface area contributed by atoms with Gasteiger partial charge in [0.25, 0.3) is 0 Å². The van der Waals surface area contributed by atoms with Gasteiger partial charge in [0, 0.05) is 36.6 Å². The molecule has 8 nitrogen and oxygen atoms in total. The first-order valence-electron chi connectivity index (χ1n) is 11.1. The van der Waals surface area contributed by atoms with Crippen molar-refractivity contribution in [3.05, 3.63) is 47.4 Å². The molecule has 3 heterocycles. The van der Waals surface area contributed by atoms with Gasteiger partial charge in [0.15, 0.2) is 0 Å². The maximum Gasteiger partial charge on any atom is 0.223 e. The van der Waals surface area contributed by atoms with E-state index < -0.39 is 9.84 Å². The van der Waals surface area contributed by atoms with Crippen LogP contribution in [0.15, 0.2) is 30.6 Å². The number of nitrogens with one attached hydrogen (secondary N) is 2. The quantitative estimate of drug-likeness (QED) is 0.555. The predicted molar refractivity (Wildman–Crippen MR) is 124 cm³/mol. The van der Waals surface area contributed by atoms with Gasteiger partial charge in [0.1, 0.15) is 27.6 Å². The number of carbonyl (C=O) groups excluding carboxylic acids is 1. The third-order valence-electron chi connectivity index (χ3n) is 6.46. The number of benzene rings is 1. The van der Waals surface area contributed by atoms with Gasteiger partial charge in [-0.2, -0.15) is 0 Å². The normalized spacial score (nSPS) is 17.9. The van der Waals surface area contributed by atoms with Gasteiger partial charge in [-0.25, -0.2) is 18.4 Å². The number of anilines is 2. The van der Waals surface area contributed by atoms with Crippen molar-refractivity contribution in [1.82, 2.24) is 20.3 Å². The molecule has 0 fully saturated rings. The van der Waals surface area contributed by atoms with Gasteiger partial charge in [-0.1, -0.05) is 18.2 Å². The number of hydrogen-bond acceptors (Lipinski definition) is 6. The summed E-state index contributed by atoms with van der Waals surface area (Å²) in [5.74, 6) is 0.830. The summed E-state index contributed by atoms with van der Waals surface area (Å²) in [4.78, 5) is 27.6. The lowest BCUT2D eigenvalue weighted by molar-refractivity contribution is -0.125. The first-order chi connectivity index (χ1) is 15.4. The molecule has 2 aromatic heterocycles. The zero-order valence-electron chi connectivity index (χ0n) is 18.1. The van der Waals surface area contributed by atoms with Crippen molar-refractivity contribution in [2.75, 3.05) is 30.0 Å². The van der Waals surface area contributed by atoms with Crippen LogP contribution in [0.3, 0.4) is 0 Å². The summed E-state index contributed by atoms with van der Waals surface area (Å²) in [6.07, 6.45) is 6.40. The zero-order chi connectivity index (χ0) is 22.3. The highest BCUT2D eigenvalue weighted by Gasteiger charge is 2.31. The second-order valence-corrected chi connectivity index (χ2v) is 11.0. The Morgan fingerprint density at radius 3 is 2.94 bits per heavy atom. The number of amides is 1. The highest BCUT2D eigenvalue weighted by atomic mass is 32.2. The fraction of sp³-hybridized carbons (Fsp3) is 0.435. The van der Waals surface area contributed by atoms with Crippen molar-refractivity contribution in [3.8, 4) is 0 Å². The number of aromatic nitrogens is 3. The maximum atomic E-state index is 12.8. The Kier molecular flexibility index (Phi) is 5.36. The van der Waals surface area contributed by atoms with Crippen LogP contribution in [0.2, 0.25) is 0 Å². The molecule has 3 aromatic rings. The maximum absolute atomic E-state index is 12.8. The molecule has 0 saturated heterocycles. The Labute approximate surface area is 187 Å². The van der Waals surface area contributed by atoms with Crippen LogP contribution in [0.1, 0.15) is 29.7 Å². The molecule has 1 unspecified atom stereocenters. The van der Waals surface area contributed by atoms with E-state index >= 15 is 0 Å².